The second kappa shape index (κ2) is 5.90. The van der Waals surface area contributed by atoms with Gasteiger partial charge in [0.05, 0.1) is 10.6 Å². The fraction of sp³-hybridized carbons (Fsp3) is 0.231. The molecule has 0 aliphatic carbocycles. The number of rotatable bonds is 5. The summed E-state index contributed by atoms with van der Waals surface area (Å²) in [5.74, 6) is -0.611. The molecular formula is C13H15FN2O2S2. The molecule has 1 aromatic heterocycles. The third-order valence-electron chi connectivity index (χ3n) is 2.83. The summed E-state index contributed by atoms with van der Waals surface area (Å²) < 4.78 is 40.1. The van der Waals surface area contributed by atoms with Gasteiger partial charge in [0.1, 0.15) is 5.82 Å². The minimum absolute atomic E-state index is 0.0163. The van der Waals surface area contributed by atoms with Gasteiger partial charge in [0.2, 0.25) is 10.0 Å². The van der Waals surface area contributed by atoms with Crippen LogP contribution in [0.25, 0.3) is 0 Å². The first-order valence-electron chi connectivity index (χ1n) is 5.98. The number of halogens is 1. The van der Waals surface area contributed by atoms with Gasteiger partial charge in [0.15, 0.2) is 0 Å². The van der Waals surface area contributed by atoms with E-state index in [1.807, 2.05) is 17.5 Å². The van der Waals surface area contributed by atoms with Gasteiger partial charge in [0, 0.05) is 11.4 Å². The van der Waals surface area contributed by atoms with Crippen molar-refractivity contribution in [2.75, 3.05) is 12.3 Å². The maximum atomic E-state index is 13.2. The average molecular weight is 314 g/mol. The van der Waals surface area contributed by atoms with Crippen LogP contribution in [0.4, 0.5) is 10.1 Å². The Bertz CT molecular complexity index is 697. The molecule has 0 aliphatic heterocycles. The Morgan fingerprint density at radius 1 is 1.40 bits per heavy atom. The number of aryl methyl sites for hydroxylation is 1. The lowest BCUT2D eigenvalue weighted by Crippen LogP contribution is -2.26. The largest absolute Gasteiger partial charge is 0.396 e. The summed E-state index contributed by atoms with van der Waals surface area (Å²) in [6.45, 7) is 1.83. The molecule has 0 bridgehead atoms. The normalized spacial score (nSPS) is 11.7. The summed E-state index contributed by atoms with van der Waals surface area (Å²) in [6.07, 6.45) is 0.618. The Labute approximate surface area is 121 Å². The highest BCUT2D eigenvalue weighted by Gasteiger charge is 2.18. The van der Waals surface area contributed by atoms with Gasteiger partial charge >= 0.3 is 0 Å². The highest BCUT2D eigenvalue weighted by atomic mass is 32.2. The van der Waals surface area contributed by atoms with E-state index in [0.29, 0.717) is 18.5 Å². The molecule has 2 aromatic rings. The Morgan fingerprint density at radius 2 is 2.15 bits per heavy atom. The summed E-state index contributed by atoms with van der Waals surface area (Å²) in [5.41, 5.74) is 5.59. The maximum Gasteiger partial charge on any atom is 0.240 e. The van der Waals surface area contributed by atoms with Gasteiger partial charge in [-0.3, -0.25) is 0 Å². The number of hydrogen-bond acceptors (Lipinski definition) is 4. The standard InChI is InChI=1S/C13H15FN2O2S2/c1-9-7-11(14)12(15)8-13(9)20(17,18)16-5-4-10-3-2-6-19-10/h2-3,6-8,16H,4-5,15H2,1H3. The highest BCUT2D eigenvalue weighted by Crippen LogP contribution is 2.21. The van der Waals surface area contributed by atoms with Crippen LogP contribution in [0.3, 0.4) is 0 Å². The molecule has 2 rings (SSSR count). The zero-order chi connectivity index (χ0) is 14.8. The van der Waals surface area contributed by atoms with Crippen molar-refractivity contribution in [1.82, 2.24) is 4.72 Å². The zero-order valence-electron chi connectivity index (χ0n) is 10.9. The van der Waals surface area contributed by atoms with Crippen LogP contribution < -0.4 is 10.5 Å². The predicted octanol–water partition coefficient (Wildman–Crippen LogP) is 2.30. The lowest BCUT2D eigenvalue weighted by Gasteiger charge is -2.10. The molecule has 0 aliphatic rings. The average Bonchev–Trinajstić information content (AvgIpc) is 2.86. The summed E-state index contributed by atoms with van der Waals surface area (Å²) in [4.78, 5) is 1.12. The van der Waals surface area contributed by atoms with Gasteiger partial charge in [-0.2, -0.15) is 0 Å². The number of nitrogens with one attached hydrogen (secondary N) is 1. The molecular weight excluding hydrogens is 299 g/mol. The van der Waals surface area contributed by atoms with Gasteiger partial charge in [-0.05, 0) is 42.5 Å². The number of nitrogen functional groups attached to an aromatic ring is 1. The molecule has 108 valence electrons. The van der Waals surface area contributed by atoms with Crippen molar-refractivity contribution in [3.63, 3.8) is 0 Å². The van der Waals surface area contributed by atoms with Crippen molar-refractivity contribution in [3.05, 3.63) is 45.9 Å². The van der Waals surface area contributed by atoms with Crippen LogP contribution in [-0.2, 0) is 16.4 Å². The van der Waals surface area contributed by atoms with Crippen LogP contribution in [0.15, 0.2) is 34.5 Å². The monoisotopic (exact) mass is 314 g/mol. The van der Waals surface area contributed by atoms with E-state index in [2.05, 4.69) is 4.72 Å². The number of hydrogen-bond donors (Lipinski definition) is 2. The van der Waals surface area contributed by atoms with Crippen molar-refractivity contribution in [2.45, 2.75) is 18.2 Å². The molecule has 0 spiro atoms. The Morgan fingerprint density at radius 3 is 2.80 bits per heavy atom. The topological polar surface area (TPSA) is 72.2 Å². The predicted molar refractivity (Wildman–Crippen MR) is 78.8 cm³/mol. The number of benzene rings is 1. The first kappa shape index (κ1) is 15.0. The first-order chi connectivity index (χ1) is 9.40. The minimum atomic E-state index is -3.68. The van der Waals surface area contributed by atoms with Crippen molar-refractivity contribution < 1.29 is 12.8 Å². The molecule has 0 unspecified atom stereocenters. The van der Waals surface area contributed by atoms with Crippen LogP contribution in [0.2, 0.25) is 0 Å². The quantitative estimate of drug-likeness (QED) is 0.832. The smallest absolute Gasteiger partial charge is 0.240 e. The van der Waals surface area contributed by atoms with E-state index in [1.54, 1.807) is 11.3 Å². The number of nitrogens with two attached hydrogens (primary N) is 1. The van der Waals surface area contributed by atoms with E-state index in [0.717, 1.165) is 17.0 Å². The van der Waals surface area contributed by atoms with Gasteiger partial charge in [0.25, 0.3) is 0 Å². The van der Waals surface area contributed by atoms with E-state index >= 15 is 0 Å². The van der Waals surface area contributed by atoms with E-state index in [1.165, 1.54) is 6.92 Å². The van der Waals surface area contributed by atoms with Crippen LogP contribution >= 0.6 is 11.3 Å². The molecule has 0 saturated carbocycles. The Hall–Kier alpha value is -1.44. The highest BCUT2D eigenvalue weighted by molar-refractivity contribution is 7.89. The molecule has 3 N–H and O–H groups in total. The second-order valence-electron chi connectivity index (χ2n) is 4.37. The minimum Gasteiger partial charge on any atom is -0.396 e. The fourth-order valence-corrected chi connectivity index (χ4v) is 3.80. The molecule has 0 atom stereocenters. The van der Waals surface area contributed by atoms with E-state index in [9.17, 15) is 12.8 Å². The summed E-state index contributed by atoms with van der Waals surface area (Å²) in [5, 5.41) is 1.94. The lowest BCUT2D eigenvalue weighted by atomic mass is 10.2. The SMILES string of the molecule is Cc1cc(F)c(N)cc1S(=O)(=O)NCCc1cccs1. The fourth-order valence-electron chi connectivity index (χ4n) is 1.80. The molecule has 20 heavy (non-hydrogen) atoms. The van der Waals surface area contributed by atoms with Crippen molar-refractivity contribution in [3.8, 4) is 0 Å². The third kappa shape index (κ3) is 3.36. The molecule has 1 heterocycles. The van der Waals surface area contributed by atoms with E-state index in [-0.39, 0.29) is 10.6 Å². The van der Waals surface area contributed by atoms with Crippen molar-refractivity contribution in [1.29, 1.82) is 0 Å². The van der Waals surface area contributed by atoms with Crippen LogP contribution in [0.1, 0.15) is 10.4 Å². The van der Waals surface area contributed by atoms with Crippen LogP contribution in [0.5, 0.6) is 0 Å². The summed E-state index contributed by atoms with van der Waals surface area (Å²) in [7, 11) is -3.68. The number of anilines is 1. The Balaban J connectivity index is 2.12. The lowest BCUT2D eigenvalue weighted by molar-refractivity contribution is 0.580. The second-order valence-corrected chi connectivity index (χ2v) is 7.13. The molecule has 4 nitrogen and oxygen atoms in total. The summed E-state index contributed by atoms with van der Waals surface area (Å²) in [6, 6.07) is 6.14. The summed E-state index contributed by atoms with van der Waals surface area (Å²) >= 11 is 1.57. The van der Waals surface area contributed by atoms with Gasteiger partial charge in [-0.15, -0.1) is 11.3 Å². The molecule has 0 radical (unpaired) electrons. The van der Waals surface area contributed by atoms with Crippen molar-refractivity contribution in [2.24, 2.45) is 0 Å². The molecule has 7 heteroatoms. The van der Waals surface area contributed by atoms with Crippen LogP contribution in [-0.4, -0.2) is 15.0 Å². The molecule has 0 saturated heterocycles. The molecule has 0 fully saturated rings. The zero-order valence-corrected chi connectivity index (χ0v) is 12.5. The maximum absolute atomic E-state index is 13.2. The third-order valence-corrected chi connectivity index (χ3v) is 5.37. The van der Waals surface area contributed by atoms with E-state index in [4.69, 9.17) is 5.73 Å². The van der Waals surface area contributed by atoms with Crippen molar-refractivity contribution >= 4 is 27.0 Å². The van der Waals surface area contributed by atoms with Gasteiger partial charge < -0.3 is 5.73 Å². The number of sulfonamides is 1. The molecule has 0 amide bonds. The van der Waals surface area contributed by atoms with Gasteiger partial charge in [-0.25, -0.2) is 17.5 Å². The van der Waals surface area contributed by atoms with Crippen LogP contribution in [0, 0.1) is 12.7 Å². The first-order valence-corrected chi connectivity index (χ1v) is 8.34. The Kier molecular flexibility index (Phi) is 4.42. The number of thiophene rings is 1. The van der Waals surface area contributed by atoms with Gasteiger partial charge in [-0.1, -0.05) is 6.07 Å². The van der Waals surface area contributed by atoms with E-state index < -0.39 is 15.8 Å². The molecule has 1 aromatic carbocycles.